The van der Waals surface area contributed by atoms with Crippen LogP contribution in [-0.2, 0) is 5.41 Å². The molecule has 0 spiro atoms. The van der Waals surface area contributed by atoms with E-state index in [-0.39, 0.29) is 11.0 Å². The lowest BCUT2D eigenvalue weighted by molar-refractivity contribution is 0.661. The van der Waals surface area contributed by atoms with Crippen molar-refractivity contribution >= 4 is 32.7 Å². The van der Waals surface area contributed by atoms with Gasteiger partial charge in [0.05, 0.1) is 27.6 Å². The molecule has 9 rings (SSSR count). The van der Waals surface area contributed by atoms with E-state index >= 15 is 0 Å². The summed E-state index contributed by atoms with van der Waals surface area (Å²) in [5, 5.41) is 2.98. The van der Waals surface area contributed by atoms with E-state index in [4.69, 9.17) is 4.98 Å². The Morgan fingerprint density at radius 1 is 0.533 bits per heavy atom. The molecule has 0 unspecified atom stereocenters. The molecular formula is C41H29N3O. The Balaban J connectivity index is 1.33. The average molecular weight is 580 g/mol. The van der Waals surface area contributed by atoms with Crippen LogP contribution >= 0.6 is 0 Å². The summed E-state index contributed by atoms with van der Waals surface area (Å²) in [4.78, 5) is 19.5. The molecule has 1 aliphatic rings. The Hall–Kier alpha value is -5.74. The highest BCUT2D eigenvalue weighted by molar-refractivity contribution is 6.11. The molecule has 45 heavy (non-hydrogen) atoms. The van der Waals surface area contributed by atoms with Crippen molar-refractivity contribution in [2.75, 3.05) is 0 Å². The van der Waals surface area contributed by atoms with Crippen LogP contribution in [-0.4, -0.2) is 14.1 Å². The van der Waals surface area contributed by atoms with Gasteiger partial charge in [-0.25, -0.2) is 4.98 Å². The van der Waals surface area contributed by atoms with Crippen molar-refractivity contribution in [3.63, 3.8) is 0 Å². The molecule has 214 valence electrons. The maximum Gasteiger partial charge on any atom is 0.266 e. The van der Waals surface area contributed by atoms with Gasteiger partial charge in [-0.2, -0.15) is 0 Å². The molecule has 0 aliphatic heterocycles. The van der Waals surface area contributed by atoms with Crippen LogP contribution in [0, 0.1) is 0 Å². The highest BCUT2D eigenvalue weighted by Gasteiger charge is 2.36. The van der Waals surface area contributed by atoms with Crippen LogP contribution in [0.15, 0.2) is 144 Å². The van der Waals surface area contributed by atoms with E-state index in [1.807, 2.05) is 72.8 Å². The molecule has 0 amide bonds. The molecule has 1 aliphatic carbocycles. The summed E-state index contributed by atoms with van der Waals surface area (Å²) in [6, 6.07) is 47.8. The van der Waals surface area contributed by atoms with E-state index in [0.29, 0.717) is 16.7 Å². The third-order valence-corrected chi connectivity index (χ3v) is 9.53. The van der Waals surface area contributed by atoms with Crippen molar-refractivity contribution in [1.29, 1.82) is 0 Å². The summed E-state index contributed by atoms with van der Waals surface area (Å²) >= 11 is 0. The van der Waals surface area contributed by atoms with Gasteiger partial charge in [0.2, 0.25) is 0 Å². The van der Waals surface area contributed by atoms with Gasteiger partial charge >= 0.3 is 0 Å². The van der Waals surface area contributed by atoms with Crippen LogP contribution in [0.2, 0.25) is 0 Å². The third kappa shape index (κ3) is 3.66. The van der Waals surface area contributed by atoms with Gasteiger partial charge < -0.3 is 4.57 Å². The van der Waals surface area contributed by atoms with E-state index < -0.39 is 0 Å². The Morgan fingerprint density at radius 3 is 2.07 bits per heavy atom. The van der Waals surface area contributed by atoms with Crippen LogP contribution in [0.4, 0.5) is 0 Å². The zero-order chi connectivity index (χ0) is 30.3. The number of aromatic nitrogens is 3. The zero-order valence-electron chi connectivity index (χ0n) is 25.0. The second-order valence-electron chi connectivity index (χ2n) is 12.4. The van der Waals surface area contributed by atoms with Crippen LogP contribution in [0.1, 0.15) is 25.0 Å². The molecule has 4 heteroatoms. The van der Waals surface area contributed by atoms with Crippen molar-refractivity contribution in [3.05, 3.63) is 161 Å². The van der Waals surface area contributed by atoms with Crippen molar-refractivity contribution in [1.82, 2.24) is 14.1 Å². The van der Waals surface area contributed by atoms with Crippen molar-refractivity contribution < 1.29 is 0 Å². The lowest BCUT2D eigenvalue weighted by atomic mass is 9.82. The fourth-order valence-electron chi connectivity index (χ4n) is 7.35. The SMILES string of the molecule is CC1(C)c2ccccc2-c2cc3c4ccccc4n(-c4ccc5nc(-c6ccccc6)n(-c6ccccc6)c(=O)c5c4)c3cc21. The highest BCUT2D eigenvalue weighted by atomic mass is 16.1. The Morgan fingerprint density at radius 2 is 1.24 bits per heavy atom. The van der Waals surface area contributed by atoms with E-state index in [1.165, 1.54) is 33.0 Å². The molecule has 0 atom stereocenters. The molecule has 0 saturated heterocycles. The van der Waals surface area contributed by atoms with Crippen molar-refractivity contribution in [2.24, 2.45) is 0 Å². The second-order valence-corrected chi connectivity index (χ2v) is 12.4. The smallest absolute Gasteiger partial charge is 0.266 e. The summed E-state index contributed by atoms with van der Waals surface area (Å²) in [5.41, 5.74) is 10.6. The summed E-state index contributed by atoms with van der Waals surface area (Å²) < 4.78 is 4.04. The van der Waals surface area contributed by atoms with Crippen LogP contribution in [0.25, 0.3) is 66.6 Å². The monoisotopic (exact) mass is 579 g/mol. The molecule has 0 N–H and O–H groups in total. The third-order valence-electron chi connectivity index (χ3n) is 9.53. The van der Waals surface area contributed by atoms with Gasteiger partial charge in [0, 0.05) is 27.4 Å². The van der Waals surface area contributed by atoms with Gasteiger partial charge in [0.15, 0.2) is 0 Å². The normalized spacial score (nSPS) is 13.4. The number of fused-ring (bicyclic) bond motifs is 7. The molecule has 0 radical (unpaired) electrons. The quantitative estimate of drug-likeness (QED) is 0.209. The molecule has 0 bridgehead atoms. The molecule has 2 heterocycles. The zero-order valence-corrected chi connectivity index (χ0v) is 25.0. The van der Waals surface area contributed by atoms with Gasteiger partial charge in [0.1, 0.15) is 5.82 Å². The summed E-state index contributed by atoms with van der Waals surface area (Å²) in [7, 11) is 0. The Bertz CT molecular complexity index is 2520. The minimum atomic E-state index is -0.119. The largest absolute Gasteiger partial charge is 0.309 e. The predicted molar refractivity (Wildman–Crippen MR) is 185 cm³/mol. The predicted octanol–water partition coefficient (Wildman–Crippen LogP) is 9.46. The topological polar surface area (TPSA) is 39.8 Å². The van der Waals surface area contributed by atoms with E-state index in [1.54, 1.807) is 4.57 Å². The summed E-state index contributed by atoms with van der Waals surface area (Å²) in [5.74, 6) is 0.626. The van der Waals surface area contributed by atoms with Gasteiger partial charge in [-0.05, 0) is 70.8 Å². The molecule has 4 nitrogen and oxygen atoms in total. The highest BCUT2D eigenvalue weighted by Crippen LogP contribution is 2.50. The van der Waals surface area contributed by atoms with Crippen molar-refractivity contribution in [3.8, 4) is 33.9 Å². The first-order valence-electron chi connectivity index (χ1n) is 15.4. The number of benzene rings is 6. The lowest BCUT2D eigenvalue weighted by Crippen LogP contribution is -2.22. The number of nitrogens with zero attached hydrogens (tertiary/aromatic N) is 3. The van der Waals surface area contributed by atoms with E-state index in [2.05, 4.69) is 85.1 Å². The second kappa shape index (κ2) is 9.38. The molecule has 2 aromatic heterocycles. The first-order chi connectivity index (χ1) is 22.0. The maximum atomic E-state index is 14.5. The Labute approximate surface area is 260 Å². The van der Waals surface area contributed by atoms with Gasteiger partial charge in [-0.3, -0.25) is 9.36 Å². The first-order valence-corrected chi connectivity index (χ1v) is 15.4. The minimum absolute atomic E-state index is 0.0925. The maximum absolute atomic E-state index is 14.5. The number of hydrogen-bond donors (Lipinski definition) is 0. The van der Waals surface area contributed by atoms with E-state index in [0.717, 1.165) is 28.0 Å². The summed E-state index contributed by atoms with van der Waals surface area (Å²) in [6.45, 7) is 4.63. The molecule has 0 fully saturated rings. The van der Waals surface area contributed by atoms with Crippen LogP contribution in [0.3, 0.4) is 0 Å². The number of hydrogen-bond acceptors (Lipinski definition) is 2. The van der Waals surface area contributed by atoms with Crippen molar-refractivity contribution in [2.45, 2.75) is 19.3 Å². The van der Waals surface area contributed by atoms with Gasteiger partial charge in [-0.1, -0.05) is 105 Å². The number of para-hydroxylation sites is 2. The van der Waals surface area contributed by atoms with Gasteiger partial charge in [-0.15, -0.1) is 0 Å². The van der Waals surface area contributed by atoms with Gasteiger partial charge in [0.25, 0.3) is 5.56 Å². The minimum Gasteiger partial charge on any atom is -0.309 e. The fourth-order valence-corrected chi connectivity index (χ4v) is 7.35. The van der Waals surface area contributed by atoms with E-state index in [9.17, 15) is 4.79 Å². The standard InChI is InChI=1S/C41H29N3O/c1-41(2)34-19-11-9-17-29(34)31-24-32-30-18-10-12-20-37(30)43(38(32)25-35(31)41)28-21-22-36-33(23-28)40(45)44(27-15-7-4-8-16-27)39(42-36)26-13-5-3-6-14-26/h3-25H,1-2H3. The fraction of sp³-hybridized carbons (Fsp3) is 0.0732. The molecule has 8 aromatic rings. The average Bonchev–Trinajstić information content (AvgIpc) is 3.53. The van der Waals surface area contributed by atoms with Crippen LogP contribution < -0.4 is 5.56 Å². The number of rotatable bonds is 3. The molecule has 0 saturated carbocycles. The molecule has 6 aromatic carbocycles. The Kier molecular flexibility index (Phi) is 5.36. The first kappa shape index (κ1) is 25.7. The molecular weight excluding hydrogens is 550 g/mol. The van der Waals surface area contributed by atoms with Crippen LogP contribution in [0.5, 0.6) is 0 Å². The lowest BCUT2D eigenvalue weighted by Gasteiger charge is -2.21. The summed E-state index contributed by atoms with van der Waals surface area (Å²) in [6.07, 6.45) is 0.